The van der Waals surface area contributed by atoms with Crippen molar-refractivity contribution in [3.05, 3.63) is 53.8 Å². The maximum Gasteiger partial charge on any atom is 0.319 e. The van der Waals surface area contributed by atoms with Crippen LogP contribution in [0.1, 0.15) is 18.4 Å². The van der Waals surface area contributed by atoms with E-state index in [1.54, 1.807) is 44.6 Å². The molecule has 0 radical (unpaired) electrons. The molecule has 2 aromatic rings. The Balaban J connectivity index is 1.59. The number of rotatable bonds is 6. The molecule has 0 unspecified atom stereocenters. The predicted octanol–water partition coefficient (Wildman–Crippen LogP) is 3.70. The van der Waals surface area contributed by atoms with E-state index >= 15 is 0 Å². The summed E-state index contributed by atoms with van der Waals surface area (Å²) < 4.78 is 23.5. The molecule has 2 aromatic carbocycles. The van der Waals surface area contributed by atoms with Gasteiger partial charge in [0, 0.05) is 23.7 Å². The molecule has 25 heavy (non-hydrogen) atoms. The van der Waals surface area contributed by atoms with Crippen LogP contribution in [0.2, 0.25) is 0 Å². The van der Waals surface area contributed by atoms with Gasteiger partial charge in [-0.05, 0) is 42.7 Å². The van der Waals surface area contributed by atoms with E-state index in [2.05, 4.69) is 10.6 Å². The summed E-state index contributed by atoms with van der Waals surface area (Å²) >= 11 is 0. The Kier molecular flexibility index (Phi) is 4.79. The lowest BCUT2D eigenvalue weighted by Crippen LogP contribution is -2.35. The van der Waals surface area contributed by atoms with Crippen molar-refractivity contribution in [2.75, 3.05) is 26.1 Å². The molecule has 1 aliphatic carbocycles. The fourth-order valence-electron chi connectivity index (χ4n) is 2.86. The van der Waals surface area contributed by atoms with Crippen LogP contribution in [0.5, 0.6) is 11.5 Å². The Morgan fingerprint density at radius 2 is 1.76 bits per heavy atom. The topological polar surface area (TPSA) is 59.6 Å². The number of methoxy groups -OCH3 is 2. The van der Waals surface area contributed by atoms with Crippen molar-refractivity contribution >= 4 is 11.7 Å². The molecule has 1 aliphatic rings. The fraction of sp³-hybridized carbons (Fsp3) is 0.316. The average molecular weight is 344 g/mol. The van der Waals surface area contributed by atoms with E-state index in [0.29, 0.717) is 23.7 Å². The second kappa shape index (κ2) is 7.01. The Hall–Kier alpha value is -2.76. The molecule has 2 N–H and O–H groups in total. The molecule has 2 amide bonds. The molecular formula is C19H21FN2O3. The Morgan fingerprint density at radius 1 is 1.08 bits per heavy atom. The number of anilines is 1. The van der Waals surface area contributed by atoms with E-state index in [-0.39, 0.29) is 17.3 Å². The Morgan fingerprint density at radius 3 is 2.36 bits per heavy atom. The largest absolute Gasteiger partial charge is 0.493 e. The van der Waals surface area contributed by atoms with Crippen LogP contribution in [0.15, 0.2) is 42.5 Å². The highest BCUT2D eigenvalue weighted by Gasteiger charge is 2.44. The third-order valence-electron chi connectivity index (χ3n) is 4.54. The van der Waals surface area contributed by atoms with Gasteiger partial charge in [-0.25, -0.2) is 9.18 Å². The zero-order valence-corrected chi connectivity index (χ0v) is 14.3. The van der Waals surface area contributed by atoms with E-state index in [1.165, 1.54) is 12.1 Å². The number of hydrogen-bond acceptors (Lipinski definition) is 3. The van der Waals surface area contributed by atoms with E-state index in [4.69, 9.17) is 9.47 Å². The summed E-state index contributed by atoms with van der Waals surface area (Å²) in [7, 11) is 3.10. The molecule has 0 atom stereocenters. The maximum absolute atomic E-state index is 13.1. The van der Waals surface area contributed by atoms with Gasteiger partial charge in [0.15, 0.2) is 11.5 Å². The van der Waals surface area contributed by atoms with Gasteiger partial charge in [-0.1, -0.05) is 12.1 Å². The summed E-state index contributed by atoms with van der Waals surface area (Å²) in [5.41, 5.74) is 1.59. The molecule has 132 valence electrons. The number of ether oxygens (including phenoxy) is 2. The normalized spacial score (nSPS) is 14.5. The highest BCUT2D eigenvalue weighted by Crippen LogP contribution is 2.47. The van der Waals surface area contributed by atoms with Crippen LogP contribution >= 0.6 is 0 Å². The summed E-state index contributed by atoms with van der Waals surface area (Å²) in [5.74, 6) is 0.894. The molecule has 1 fully saturated rings. The number of halogens is 1. The first-order chi connectivity index (χ1) is 12.1. The number of carbonyl (C=O) groups excluding carboxylic acids is 1. The van der Waals surface area contributed by atoms with Gasteiger partial charge in [-0.2, -0.15) is 0 Å². The van der Waals surface area contributed by atoms with Gasteiger partial charge in [0.2, 0.25) is 0 Å². The summed E-state index contributed by atoms with van der Waals surface area (Å²) in [5, 5.41) is 5.68. The van der Waals surface area contributed by atoms with Crippen molar-refractivity contribution in [2.45, 2.75) is 18.3 Å². The zero-order chi connectivity index (χ0) is 17.9. The average Bonchev–Trinajstić information content (AvgIpc) is 3.41. The minimum absolute atomic E-state index is 0.0807. The lowest BCUT2D eigenvalue weighted by atomic mass is 9.96. The lowest BCUT2D eigenvalue weighted by molar-refractivity contribution is 0.251. The van der Waals surface area contributed by atoms with Gasteiger partial charge in [0.1, 0.15) is 5.82 Å². The van der Waals surface area contributed by atoms with Crippen LogP contribution in [-0.2, 0) is 5.41 Å². The first-order valence-electron chi connectivity index (χ1n) is 8.09. The highest BCUT2D eigenvalue weighted by molar-refractivity contribution is 5.89. The van der Waals surface area contributed by atoms with Gasteiger partial charge in [-0.15, -0.1) is 0 Å². The minimum atomic E-state index is -0.291. The third kappa shape index (κ3) is 3.84. The maximum atomic E-state index is 13.1. The van der Waals surface area contributed by atoms with Crippen molar-refractivity contribution in [1.82, 2.24) is 5.32 Å². The molecule has 0 aromatic heterocycles. The van der Waals surface area contributed by atoms with Crippen molar-refractivity contribution in [1.29, 1.82) is 0 Å². The standard InChI is InChI=1S/C19H21FN2O3/c1-24-16-8-7-15(11-17(16)25-2)22-18(23)21-12-19(9-10-19)13-3-5-14(20)6-4-13/h3-8,11H,9-10,12H2,1-2H3,(H2,21,22,23). The van der Waals surface area contributed by atoms with Gasteiger partial charge in [0.05, 0.1) is 14.2 Å². The number of hydrogen-bond donors (Lipinski definition) is 2. The molecule has 1 saturated carbocycles. The fourth-order valence-corrected chi connectivity index (χ4v) is 2.86. The lowest BCUT2D eigenvalue weighted by Gasteiger charge is -2.17. The van der Waals surface area contributed by atoms with Gasteiger partial charge < -0.3 is 20.1 Å². The van der Waals surface area contributed by atoms with E-state index in [1.807, 2.05) is 0 Å². The SMILES string of the molecule is COc1ccc(NC(=O)NCC2(c3ccc(F)cc3)CC2)cc1OC. The number of urea groups is 1. The molecule has 6 heteroatoms. The van der Waals surface area contributed by atoms with Crippen molar-refractivity contribution in [2.24, 2.45) is 0 Å². The summed E-state index contributed by atoms with van der Waals surface area (Å²) in [6.45, 7) is 0.512. The summed E-state index contributed by atoms with van der Waals surface area (Å²) in [6, 6.07) is 11.4. The van der Waals surface area contributed by atoms with E-state index < -0.39 is 0 Å². The molecular weight excluding hydrogens is 323 g/mol. The minimum Gasteiger partial charge on any atom is -0.493 e. The first-order valence-corrected chi connectivity index (χ1v) is 8.09. The highest BCUT2D eigenvalue weighted by atomic mass is 19.1. The molecule has 0 saturated heterocycles. The molecule has 5 nitrogen and oxygen atoms in total. The number of carbonyl (C=O) groups is 1. The van der Waals surface area contributed by atoms with Crippen LogP contribution in [0.3, 0.4) is 0 Å². The van der Waals surface area contributed by atoms with Crippen LogP contribution < -0.4 is 20.1 Å². The smallest absolute Gasteiger partial charge is 0.319 e. The van der Waals surface area contributed by atoms with Gasteiger partial charge >= 0.3 is 6.03 Å². The van der Waals surface area contributed by atoms with Crippen molar-refractivity contribution < 1.29 is 18.7 Å². The molecule has 0 bridgehead atoms. The van der Waals surface area contributed by atoms with Crippen LogP contribution in [0.25, 0.3) is 0 Å². The van der Waals surface area contributed by atoms with Gasteiger partial charge in [0.25, 0.3) is 0 Å². The number of nitrogens with one attached hydrogen (secondary N) is 2. The van der Waals surface area contributed by atoms with E-state index in [9.17, 15) is 9.18 Å². The van der Waals surface area contributed by atoms with Crippen LogP contribution in [0.4, 0.5) is 14.9 Å². The molecule has 0 heterocycles. The third-order valence-corrected chi connectivity index (χ3v) is 4.54. The van der Waals surface area contributed by atoms with E-state index in [0.717, 1.165) is 18.4 Å². The second-order valence-electron chi connectivity index (χ2n) is 6.16. The van der Waals surface area contributed by atoms with Crippen molar-refractivity contribution in [3.63, 3.8) is 0 Å². The number of amides is 2. The first kappa shape index (κ1) is 17.1. The Bertz CT molecular complexity index is 758. The zero-order valence-electron chi connectivity index (χ0n) is 14.3. The molecule has 3 rings (SSSR count). The van der Waals surface area contributed by atoms with Crippen LogP contribution in [-0.4, -0.2) is 26.8 Å². The van der Waals surface area contributed by atoms with Crippen molar-refractivity contribution in [3.8, 4) is 11.5 Å². The number of benzene rings is 2. The summed E-state index contributed by atoms with van der Waals surface area (Å²) in [6.07, 6.45) is 1.96. The predicted molar refractivity (Wildman–Crippen MR) is 93.9 cm³/mol. The quantitative estimate of drug-likeness (QED) is 0.840. The monoisotopic (exact) mass is 344 g/mol. The second-order valence-corrected chi connectivity index (χ2v) is 6.16. The van der Waals surface area contributed by atoms with Crippen LogP contribution in [0, 0.1) is 5.82 Å². The molecule has 0 aliphatic heterocycles. The summed E-state index contributed by atoms with van der Waals surface area (Å²) in [4.78, 5) is 12.2. The Labute approximate surface area is 146 Å². The molecule has 0 spiro atoms. The van der Waals surface area contributed by atoms with Gasteiger partial charge in [-0.3, -0.25) is 0 Å².